The monoisotopic (exact) mass is 355 g/mol. The number of ether oxygens (including phenoxy) is 1. The molecular weight excluding hydrogens is 326 g/mol. The summed E-state index contributed by atoms with van der Waals surface area (Å²) in [5.74, 6) is 2.64. The molecule has 1 aliphatic heterocycles. The van der Waals surface area contributed by atoms with E-state index in [2.05, 4.69) is 38.9 Å². The van der Waals surface area contributed by atoms with Crippen LogP contribution in [0, 0.1) is 0 Å². The normalized spacial score (nSPS) is 17.8. The lowest BCUT2D eigenvalue weighted by atomic mass is 10.0. The number of anilines is 2. The van der Waals surface area contributed by atoms with Crippen LogP contribution in [0.25, 0.3) is 0 Å². The van der Waals surface area contributed by atoms with Crippen molar-refractivity contribution in [3.05, 3.63) is 42.1 Å². The molecule has 1 aliphatic rings. The van der Waals surface area contributed by atoms with Crippen LogP contribution in [0.5, 0.6) is 5.75 Å². The highest BCUT2D eigenvalue weighted by Gasteiger charge is 2.24. The SMILES string of the molecule is COc1ccc(CN2CCCC(N(C)c3ccnc(N(C)C)n3)C2)cc1. The largest absolute Gasteiger partial charge is 0.497 e. The first-order valence-electron chi connectivity index (χ1n) is 9.15. The summed E-state index contributed by atoms with van der Waals surface area (Å²) in [6, 6.07) is 10.8. The Balaban J connectivity index is 1.64. The van der Waals surface area contributed by atoms with E-state index in [0.717, 1.165) is 37.1 Å². The van der Waals surface area contributed by atoms with Crippen LogP contribution in [-0.2, 0) is 6.54 Å². The standard InChI is InChI=1S/C20H29N5O/c1-23(2)20-21-12-11-19(22-20)24(3)17-6-5-13-25(15-17)14-16-7-9-18(26-4)10-8-16/h7-12,17H,5-6,13-15H2,1-4H3. The molecule has 1 aromatic heterocycles. The molecule has 0 saturated carbocycles. The summed E-state index contributed by atoms with van der Waals surface area (Å²) in [6.45, 7) is 3.16. The van der Waals surface area contributed by atoms with Gasteiger partial charge in [0.1, 0.15) is 11.6 Å². The lowest BCUT2D eigenvalue weighted by molar-refractivity contribution is 0.198. The minimum absolute atomic E-state index is 0.465. The van der Waals surface area contributed by atoms with E-state index in [4.69, 9.17) is 4.74 Å². The van der Waals surface area contributed by atoms with Gasteiger partial charge in [-0.15, -0.1) is 0 Å². The topological polar surface area (TPSA) is 44.7 Å². The summed E-state index contributed by atoms with van der Waals surface area (Å²) in [5.41, 5.74) is 1.33. The number of benzene rings is 1. The number of methoxy groups -OCH3 is 1. The van der Waals surface area contributed by atoms with Gasteiger partial charge in [0.15, 0.2) is 0 Å². The van der Waals surface area contributed by atoms with E-state index in [-0.39, 0.29) is 0 Å². The molecule has 0 amide bonds. The minimum atomic E-state index is 0.465. The van der Waals surface area contributed by atoms with Crippen molar-refractivity contribution < 1.29 is 4.74 Å². The molecule has 0 bridgehead atoms. The van der Waals surface area contributed by atoms with Crippen molar-refractivity contribution in [1.82, 2.24) is 14.9 Å². The zero-order valence-electron chi connectivity index (χ0n) is 16.2. The Morgan fingerprint density at radius 3 is 2.62 bits per heavy atom. The highest BCUT2D eigenvalue weighted by Crippen LogP contribution is 2.22. The number of aromatic nitrogens is 2. The van der Waals surface area contributed by atoms with Crippen LogP contribution < -0.4 is 14.5 Å². The maximum absolute atomic E-state index is 5.25. The van der Waals surface area contributed by atoms with Gasteiger partial charge in [0, 0.05) is 46.5 Å². The summed E-state index contributed by atoms with van der Waals surface area (Å²) in [5, 5.41) is 0. The van der Waals surface area contributed by atoms with Gasteiger partial charge in [-0.25, -0.2) is 4.98 Å². The molecule has 2 heterocycles. The molecule has 2 aromatic rings. The van der Waals surface area contributed by atoms with Gasteiger partial charge in [-0.1, -0.05) is 12.1 Å². The third-order valence-electron chi connectivity index (χ3n) is 4.98. The molecule has 6 heteroatoms. The average molecular weight is 355 g/mol. The fourth-order valence-electron chi connectivity index (χ4n) is 3.42. The van der Waals surface area contributed by atoms with Gasteiger partial charge < -0.3 is 14.5 Å². The van der Waals surface area contributed by atoms with E-state index >= 15 is 0 Å². The predicted octanol–water partition coefficient (Wildman–Crippen LogP) is 2.65. The summed E-state index contributed by atoms with van der Waals surface area (Å²) in [4.78, 5) is 15.8. The van der Waals surface area contributed by atoms with Crippen molar-refractivity contribution in [3.8, 4) is 5.75 Å². The van der Waals surface area contributed by atoms with Gasteiger partial charge in [-0.05, 0) is 43.1 Å². The third kappa shape index (κ3) is 4.43. The Kier molecular flexibility index (Phi) is 5.93. The Bertz CT molecular complexity index is 704. The van der Waals surface area contributed by atoms with Crippen molar-refractivity contribution in [3.63, 3.8) is 0 Å². The van der Waals surface area contributed by atoms with Crippen LogP contribution in [0.4, 0.5) is 11.8 Å². The Morgan fingerprint density at radius 1 is 1.15 bits per heavy atom. The van der Waals surface area contributed by atoms with Crippen LogP contribution >= 0.6 is 0 Å². The van der Waals surface area contributed by atoms with Gasteiger partial charge in [0.05, 0.1) is 7.11 Å². The summed E-state index contributed by atoms with van der Waals surface area (Å²) in [6.07, 6.45) is 4.24. The van der Waals surface area contributed by atoms with Crippen LogP contribution in [0.15, 0.2) is 36.5 Å². The van der Waals surface area contributed by atoms with Gasteiger partial charge in [0.2, 0.25) is 5.95 Å². The molecular formula is C20H29N5O. The molecule has 0 spiro atoms. The first-order chi connectivity index (χ1) is 12.6. The molecule has 1 unspecified atom stereocenters. The number of piperidine rings is 1. The van der Waals surface area contributed by atoms with E-state index in [9.17, 15) is 0 Å². The summed E-state index contributed by atoms with van der Waals surface area (Å²) in [7, 11) is 7.78. The van der Waals surface area contributed by atoms with Crippen molar-refractivity contribution in [2.45, 2.75) is 25.4 Å². The zero-order chi connectivity index (χ0) is 18.5. The molecule has 0 aliphatic carbocycles. The smallest absolute Gasteiger partial charge is 0.226 e. The second-order valence-electron chi connectivity index (χ2n) is 7.10. The van der Waals surface area contributed by atoms with E-state index in [1.807, 2.05) is 43.4 Å². The highest BCUT2D eigenvalue weighted by molar-refractivity contribution is 5.43. The maximum Gasteiger partial charge on any atom is 0.226 e. The molecule has 140 valence electrons. The van der Waals surface area contributed by atoms with Crippen molar-refractivity contribution in [2.24, 2.45) is 0 Å². The van der Waals surface area contributed by atoms with Gasteiger partial charge in [0.25, 0.3) is 0 Å². The first kappa shape index (κ1) is 18.5. The Labute approximate surface area is 156 Å². The lowest BCUT2D eigenvalue weighted by Gasteiger charge is -2.38. The first-order valence-corrected chi connectivity index (χ1v) is 9.15. The van der Waals surface area contributed by atoms with Gasteiger partial charge in [-0.2, -0.15) is 4.98 Å². The maximum atomic E-state index is 5.25. The third-order valence-corrected chi connectivity index (χ3v) is 4.98. The number of hydrogen-bond donors (Lipinski definition) is 0. The number of nitrogens with zero attached hydrogens (tertiary/aromatic N) is 5. The molecule has 6 nitrogen and oxygen atoms in total. The minimum Gasteiger partial charge on any atom is -0.497 e. The predicted molar refractivity (Wildman–Crippen MR) is 106 cm³/mol. The van der Waals surface area contributed by atoms with Gasteiger partial charge >= 0.3 is 0 Å². The summed E-state index contributed by atoms with van der Waals surface area (Å²) < 4.78 is 5.25. The molecule has 1 atom stereocenters. The van der Waals surface area contributed by atoms with Crippen LogP contribution in [0.3, 0.4) is 0 Å². The molecule has 0 N–H and O–H groups in total. The second kappa shape index (κ2) is 8.36. The van der Waals surface area contributed by atoms with E-state index in [0.29, 0.717) is 6.04 Å². The quantitative estimate of drug-likeness (QED) is 0.794. The molecule has 1 fully saturated rings. The van der Waals surface area contributed by atoms with Crippen LogP contribution in [-0.4, -0.2) is 62.3 Å². The molecule has 0 radical (unpaired) electrons. The number of hydrogen-bond acceptors (Lipinski definition) is 6. The molecule has 1 aromatic carbocycles. The van der Waals surface area contributed by atoms with Crippen molar-refractivity contribution >= 4 is 11.8 Å². The van der Waals surface area contributed by atoms with E-state index in [1.165, 1.54) is 18.4 Å². The number of likely N-dealkylation sites (tertiary alicyclic amines) is 1. The average Bonchev–Trinajstić information content (AvgIpc) is 2.68. The van der Waals surface area contributed by atoms with Crippen LogP contribution in [0.1, 0.15) is 18.4 Å². The Hall–Kier alpha value is -2.34. The van der Waals surface area contributed by atoms with E-state index < -0.39 is 0 Å². The van der Waals surface area contributed by atoms with E-state index in [1.54, 1.807) is 7.11 Å². The zero-order valence-corrected chi connectivity index (χ0v) is 16.2. The molecule has 3 rings (SSSR count). The Morgan fingerprint density at radius 2 is 1.92 bits per heavy atom. The molecule has 26 heavy (non-hydrogen) atoms. The van der Waals surface area contributed by atoms with Gasteiger partial charge in [-0.3, -0.25) is 4.90 Å². The number of likely N-dealkylation sites (N-methyl/N-ethyl adjacent to an activating group) is 1. The molecule has 1 saturated heterocycles. The van der Waals surface area contributed by atoms with Crippen molar-refractivity contribution in [2.75, 3.05) is 51.1 Å². The lowest BCUT2D eigenvalue weighted by Crippen LogP contribution is -2.46. The highest BCUT2D eigenvalue weighted by atomic mass is 16.5. The second-order valence-corrected chi connectivity index (χ2v) is 7.10. The number of rotatable bonds is 6. The van der Waals surface area contributed by atoms with Crippen molar-refractivity contribution in [1.29, 1.82) is 0 Å². The summed E-state index contributed by atoms with van der Waals surface area (Å²) >= 11 is 0. The fraction of sp³-hybridized carbons (Fsp3) is 0.500. The van der Waals surface area contributed by atoms with Crippen LogP contribution in [0.2, 0.25) is 0 Å². The fourth-order valence-corrected chi connectivity index (χ4v) is 3.42.